The number of carbonyl (C=O) groups excluding carboxylic acids is 1. The van der Waals surface area contributed by atoms with Gasteiger partial charge in [-0.1, -0.05) is 47.5 Å². The van der Waals surface area contributed by atoms with Crippen LogP contribution in [0.25, 0.3) is 0 Å². The fraction of sp³-hybridized carbons (Fsp3) is 0.233. The molecule has 1 amide bonds. The molecule has 3 aromatic carbocycles. The summed E-state index contributed by atoms with van der Waals surface area (Å²) in [5.41, 5.74) is 6.08. The summed E-state index contributed by atoms with van der Waals surface area (Å²) in [6.07, 6.45) is 1.47. The molecule has 5 rings (SSSR count). The number of carbonyl (C=O) groups is 1. The molecule has 1 aromatic heterocycles. The van der Waals surface area contributed by atoms with E-state index in [4.69, 9.17) is 9.47 Å². The van der Waals surface area contributed by atoms with Gasteiger partial charge >= 0.3 is 0 Å². The predicted octanol–water partition coefficient (Wildman–Crippen LogP) is 6.56. The maximum atomic E-state index is 13.7. The highest BCUT2D eigenvalue weighted by atomic mass is 79.9. The van der Waals surface area contributed by atoms with E-state index in [2.05, 4.69) is 55.7 Å². The number of benzene rings is 3. The lowest BCUT2D eigenvalue weighted by Crippen LogP contribution is -2.31. The van der Waals surface area contributed by atoms with Crippen LogP contribution in [0.5, 0.6) is 11.5 Å². The van der Waals surface area contributed by atoms with Crippen molar-refractivity contribution in [2.45, 2.75) is 40.3 Å². The molecule has 2 N–H and O–H groups in total. The molecule has 0 spiro atoms. The smallest absolute Gasteiger partial charge is 0.255 e. The molecule has 8 nitrogen and oxygen atoms in total. The molecule has 200 valence electrons. The number of rotatable bonds is 8. The second-order valence-corrected chi connectivity index (χ2v) is 10.3. The molecule has 0 radical (unpaired) electrons. The number of fused-ring (bicyclic) bond motifs is 1. The van der Waals surface area contributed by atoms with E-state index >= 15 is 0 Å². The van der Waals surface area contributed by atoms with Crippen LogP contribution in [0, 0.1) is 13.8 Å². The van der Waals surface area contributed by atoms with Gasteiger partial charge in [-0.25, -0.2) is 4.68 Å². The van der Waals surface area contributed by atoms with E-state index < -0.39 is 6.04 Å². The number of ether oxygens (including phenoxy) is 2. The lowest BCUT2D eigenvalue weighted by atomic mass is 9.94. The van der Waals surface area contributed by atoms with Crippen LogP contribution in [0.15, 0.2) is 82.7 Å². The van der Waals surface area contributed by atoms with Crippen LogP contribution >= 0.6 is 15.9 Å². The van der Waals surface area contributed by atoms with Gasteiger partial charge in [-0.15, -0.1) is 0 Å². The van der Waals surface area contributed by atoms with Crippen molar-refractivity contribution < 1.29 is 14.3 Å². The minimum atomic E-state index is -0.546. The first kappa shape index (κ1) is 26.5. The van der Waals surface area contributed by atoms with Crippen LogP contribution < -0.4 is 20.1 Å². The Bertz CT molecular complexity index is 1540. The number of amides is 1. The second-order valence-electron chi connectivity index (χ2n) is 9.46. The molecule has 9 heteroatoms. The predicted molar refractivity (Wildman–Crippen MR) is 155 cm³/mol. The van der Waals surface area contributed by atoms with Crippen LogP contribution in [0.2, 0.25) is 0 Å². The van der Waals surface area contributed by atoms with Crippen molar-refractivity contribution in [3.8, 4) is 11.5 Å². The maximum absolute atomic E-state index is 13.7. The molecule has 4 aromatic rings. The number of hydrogen-bond acceptors (Lipinski definition) is 6. The zero-order chi connectivity index (χ0) is 27.5. The molecule has 0 aliphatic carbocycles. The molecule has 0 saturated carbocycles. The third kappa shape index (κ3) is 5.68. The number of nitrogens with zero attached hydrogens (tertiary/aromatic N) is 3. The average molecular weight is 589 g/mol. The molecular formula is C30H30BrN5O3. The SMILES string of the molecule is CCOc1cc(C2C(C(=O)Nc3ccc(C)cc3)=C(C)Nc3ncnn32)cc(Br)c1OCc1cccc(C)c1. The molecule has 39 heavy (non-hydrogen) atoms. The fourth-order valence-electron chi connectivity index (χ4n) is 4.63. The topological polar surface area (TPSA) is 90.3 Å². The summed E-state index contributed by atoms with van der Waals surface area (Å²) in [7, 11) is 0. The van der Waals surface area contributed by atoms with Crippen molar-refractivity contribution in [2.75, 3.05) is 17.2 Å². The van der Waals surface area contributed by atoms with E-state index in [1.54, 1.807) is 4.68 Å². The quantitative estimate of drug-likeness (QED) is 0.242. The number of aromatic nitrogens is 3. The Morgan fingerprint density at radius 3 is 2.59 bits per heavy atom. The van der Waals surface area contributed by atoms with Crippen molar-refractivity contribution in [1.82, 2.24) is 14.8 Å². The summed E-state index contributed by atoms with van der Waals surface area (Å²) < 4.78 is 14.7. The number of nitrogens with one attached hydrogen (secondary N) is 2. The van der Waals surface area contributed by atoms with Crippen molar-refractivity contribution in [2.24, 2.45) is 0 Å². The Balaban J connectivity index is 1.52. The van der Waals surface area contributed by atoms with E-state index in [0.29, 0.717) is 52.1 Å². The highest BCUT2D eigenvalue weighted by Gasteiger charge is 2.34. The lowest BCUT2D eigenvalue weighted by molar-refractivity contribution is -0.113. The number of anilines is 2. The summed E-state index contributed by atoms with van der Waals surface area (Å²) in [6, 6.07) is 19.2. The van der Waals surface area contributed by atoms with Crippen LogP contribution in [0.3, 0.4) is 0 Å². The van der Waals surface area contributed by atoms with E-state index in [0.717, 1.165) is 16.7 Å². The van der Waals surface area contributed by atoms with Crippen LogP contribution in [0.4, 0.5) is 11.6 Å². The molecule has 0 bridgehead atoms. The molecule has 1 unspecified atom stereocenters. The molecule has 1 atom stereocenters. The monoisotopic (exact) mass is 587 g/mol. The van der Waals surface area contributed by atoms with Crippen LogP contribution in [0.1, 0.15) is 42.1 Å². The van der Waals surface area contributed by atoms with E-state index in [9.17, 15) is 4.79 Å². The number of hydrogen-bond donors (Lipinski definition) is 2. The molecule has 1 aliphatic rings. The highest BCUT2D eigenvalue weighted by Crippen LogP contribution is 2.43. The Morgan fingerprint density at radius 1 is 1.05 bits per heavy atom. The Labute approximate surface area is 236 Å². The van der Waals surface area contributed by atoms with E-state index in [1.165, 1.54) is 11.9 Å². The minimum Gasteiger partial charge on any atom is -0.490 e. The summed E-state index contributed by atoms with van der Waals surface area (Å²) in [5, 5.41) is 10.7. The molecule has 0 saturated heterocycles. The van der Waals surface area contributed by atoms with Gasteiger partial charge in [-0.2, -0.15) is 10.1 Å². The highest BCUT2D eigenvalue weighted by molar-refractivity contribution is 9.10. The molecule has 2 heterocycles. The van der Waals surface area contributed by atoms with Gasteiger partial charge < -0.3 is 20.1 Å². The van der Waals surface area contributed by atoms with Crippen molar-refractivity contribution in [3.63, 3.8) is 0 Å². The lowest BCUT2D eigenvalue weighted by Gasteiger charge is -2.29. The largest absolute Gasteiger partial charge is 0.490 e. The average Bonchev–Trinajstić information content (AvgIpc) is 3.37. The number of aryl methyl sites for hydroxylation is 2. The van der Waals surface area contributed by atoms with Crippen molar-refractivity contribution in [3.05, 3.63) is 105 Å². The zero-order valence-electron chi connectivity index (χ0n) is 22.3. The van der Waals surface area contributed by atoms with Gasteiger partial charge in [0, 0.05) is 11.4 Å². The Morgan fingerprint density at radius 2 is 1.85 bits per heavy atom. The second kappa shape index (κ2) is 11.3. The van der Waals surface area contributed by atoms with Gasteiger partial charge in [-0.3, -0.25) is 4.79 Å². The molecular weight excluding hydrogens is 558 g/mol. The summed E-state index contributed by atoms with van der Waals surface area (Å²) in [6.45, 7) is 8.70. The van der Waals surface area contributed by atoms with E-state index in [-0.39, 0.29) is 5.91 Å². The first-order valence-electron chi connectivity index (χ1n) is 12.7. The summed E-state index contributed by atoms with van der Waals surface area (Å²) in [5.74, 6) is 1.49. The zero-order valence-corrected chi connectivity index (χ0v) is 23.9. The van der Waals surface area contributed by atoms with E-state index in [1.807, 2.05) is 69.3 Å². The van der Waals surface area contributed by atoms with Gasteiger partial charge in [0.05, 0.1) is 16.7 Å². The van der Waals surface area contributed by atoms with Crippen LogP contribution in [-0.4, -0.2) is 27.3 Å². The first-order valence-corrected chi connectivity index (χ1v) is 13.5. The van der Waals surface area contributed by atoms with Gasteiger partial charge in [0.1, 0.15) is 19.0 Å². The molecule has 1 aliphatic heterocycles. The third-order valence-electron chi connectivity index (χ3n) is 6.46. The van der Waals surface area contributed by atoms with Gasteiger partial charge in [0.2, 0.25) is 5.95 Å². The Kier molecular flexibility index (Phi) is 7.70. The molecule has 0 fully saturated rings. The van der Waals surface area contributed by atoms with Gasteiger partial charge in [-0.05, 0) is 79.0 Å². The summed E-state index contributed by atoms with van der Waals surface area (Å²) in [4.78, 5) is 18.0. The van der Waals surface area contributed by atoms with Gasteiger partial charge in [0.25, 0.3) is 5.91 Å². The normalized spacial score (nSPS) is 14.4. The van der Waals surface area contributed by atoms with Crippen LogP contribution in [-0.2, 0) is 11.4 Å². The van der Waals surface area contributed by atoms with Gasteiger partial charge in [0.15, 0.2) is 11.5 Å². The summed E-state index contributed by atoms with van der Waals surface area (Å²) >= 11 is 3.70. The standard InChI is InChI=1S/C30H30BrN5O3/c1-5-38-25-15-22(14-24(31)28(25)39-16-21-8-6-7-19(3)13-21)27-26(20(4)34-30-32-17-33-36(27)30)29(37)35-23-11-9-18(2)10-12-23/h6-15,17,27H,5,16H2,1-4H3,(H,35,37)(H,32,33,34). The first-order chi connectivity index (χ1) is 18.8. The fourth-order valence-corrected chi connectivity index (χ4v) is 5.21. The number of allylic oxidation sites excluding steroid dienone is 1. The van der Waals surface area contributed by atoms with Crippen molar-refractivity contribution in [1.29, 1.82) is 0 Å². The Hall–Kier alpha value is -4.11. The van der Waals surface area contributed by atoms with Crippen molar-refractivity contribution >= 4 is 33.5 Å². The minimum absolute atomic E-state index is 0.233. The third-order valence-corrected chi connectivity index (χ3v) is 7.05. The number of halogens is 1. The maximum Gasteiger partial charge on any atom is 0.255 e.